The average Bonchev–Trinajstić information content (AvgIpc) is 3.40. The van der Waals surface area contributed by atoms with E-state index >= 15 is 0 Å². The summed E-state index contributed by atoms with van der Waals surface area (Å²) in [5.74, 6) is 0.143. The molecule has 1 saturated carbocycles. The first-order valence-corrected chi connectivity index (χ1v) is 8.23. The maximum Gasteiger partial charge on any atom is 0.229 e. The van der Waals surface area contributed by atoms with E-state index < -0.39 is 0 Å². The molecule has 0 spiro atoms. The lowest BCUT2D eigenvalue weighted by Crippen LogP contribution is -2.34. The zero-order valence-corrected chi connectivity index (χ0v) is 13.5. The summed E-state index contributed by atoms with van der Waals surface area (Å²) in [6.45, 7) is 2.83. The quantitative estimate of drug-likeness (QED) is 0.892. The molecule has 2 aromatic rings. The number of nitrogens with zero attached hydrogens (tertiary/aromatic N) is 2. The van der Waals surface area contributed by atoms with Crippen molar-refractivity contribution in [3.63, 3.8) is 0 Å². The largest absolute Gasteiger partial charge is 0.397 e. The Balaban J connectivity index is 1.67. The van der Waals surface area contributed by atoms with Crippen LogP contribution in [0.1, 0.15) is 36.6 Å². The summed E-state index contributed by atoms with van der Waals surface area (Å²) in [5.41, 5.74) is 9.55. The SMILES string of the molecule is CCc1ccc(CN(C(=O)Cc2ccc(N)cn2)C2CC2)cc1. The number of benzene rings is 1. The minimum Gasteiger partial charge on any atom is -0.397 e. The number of nitrogen functional groups attached to an aromatic ring is 1. The van der Waals surface area contributed by atoms with E-state index in [0.717, 1.165) is 25.0 Å². The van der Waals surface area contributed by atoms with Gasteiger partial charge in [-0.25, -0.2) is 0 Å². The zero-order valence-electron chi connectivity index (χ0n) is 13.5. The monoisotopic (exact) mass is 309 g/mol. The highest BCUT2D eigenvalue weighted by Gasteiger charge is 2.32. The first-order chi connectivity index (χ1) is 11.2. The van der Waals surface area contributed by atoms with Crippen LogP contribution in [0.3, 0.4) is 0 Å². The molecule has 1 aromatic carbocycles. The molecule has 3 rings (SSSR count). The third-order valence-corrected chi connectivity index (χ3v) is 4.27. The lowest BCUT2D eigenvalue weighted by Gasteiger charge is -2.22. The first kappa shape index (κ1) is 15.5. The molecule has 1 aliphatic carbocycles. The van der Waals surface area contributed by atoms with Crippen molar-refractivity contribution in [2.45, 2.75) is 45.2 Å². The molecule has 1 fully saturated rings. The Kier molecular flexibility index (Phi) is 4.60. The van der Waals surface area contributed by atoms with Gasteiger partial charge in [-0.2, -0.15) is 0 Å². The number of rotatable bonds is 6. The number of nitrogens with two attached hydrogens (primary N) is 1. The Morgan fingerprint density at radius 3 is 2.43 bits per heavy atom. The molecule has 1 aliphatic rings. The van der Waals surface area contributed by atoms with E-state index in [-0.39, 0.29) is 5.91 Å². The van der Waals surface area contributed by atoms with Gasteiger partial charge < -0.3 is 10.6 Å². The van der Waals surface area contributed by atoms with Crippen LogP contribution in [0.15, 0.2) is 42.6 Å². The second kappa shape index (κ2) is 6.82. The number of carbonyl (C=O) groups excluding carboxylic acids is 1. The van der Waals surface area contributed by atoms with Gasteiger partial charge in [-0.05, 0) is 42.5 Å². The van der Waals surface area contributed by atoms with Gasteiger partial charge in [0.25, 0.3) is 0 Å². The molecule has 0 atom stereocenters. The average molecular weight is 309 g/mol. The van der Waals surface area contributed by atoms with Gasteiger partial charge in [-0.15, -0.1) is 0 Å². The molecule has 1 heterocycles. The number of amides is 1. The van der Waals surface area contributed by atoms with Crippen LogP contribution in [0.4, 0.5) is 5.69 Å². The second-order valence-electron chi connectivity index (χ2n) is 6.18. The molecule has 0 bridgehead atoms. The van der Waals surface area contributed by atoms with Gasteiger partial charge >= 0.3 is 0 Å². The summed E-state index contributed by atoms with van der Waals surface area (Å²) in [4.78, 5) is 18.9. The second-order valence-corrected chi connectivity index (χ2v) is 6.18. The van der Waals surface area contributed by atoms with Crippen LogP contribution in [-0.2, 0) is 24.2 Å². The van der Waals surface area contributed by atoms with Gasteiger partial charge in [0.2, 0.25) is 5.91 Å². The van der Waals surface area contributed by atoms with Crippen LogP contribution in [0.5, 0.6) is 0 Å². The Hall–Kier alpha value is -2.36. The maximum absolute atomic E-state index is 12.7. The number of anilines is 1. The Labute approximate surface area is 137 Å². The van der Waals surface area contributed by atoms with Crippen molar-refractivity contribution in [3.05, 3.63) is 59.4 Å². The van der Waals surface area contributed by atoms with Crippen LogP contribution in [0.25, 0.3) is 0 Å². The van der Waals surface area contributed by atoms with E-state index in [1.807, 2.05) is 11.0 Å². The minimum atomic E-state index is 0.143. The minimum absolute atomic E-state index is 0.143. The molecule has 1 amide bonds. The summed E-state index contributed by atoms with van der Waals surface area (Å²) in [6, 6.07) is 12.6. The molecule has 1 aromatic heterocycles. The third-order valence-electron chi connectivity index (χ3n) is 4.27. The van der Waals surface area contributed by atoms with Crippen molar-refractivity contribution in [1.82, 2.24) is 9.88 Å². The van der Waals surface area contributed by atoms with Crippen molar-refractivity contribution in [1.29, 1.82) is 0 Å². The lowest BCUT2D eigenvalue weighted by molar-refractivity contribution is -0.131. The number of aromatic nitrogens is 1. The molecule has 0 radical (unpaired) electrons. The topological polar surface area (TPSA) is 59.2 Å². The van der Waals surface area contributed by atoms with Crippen LogP contribution >= 0.6 is 0 Å². The summed E-state index contributed by atoms with van der Waals surface area (Å²) < 4.78 is 0. The molecule has 0 unspecified atom stereocenters. The fourth-order valence-corrected chi connectivity index (χ4v) is 2.68. The van der Waals surface area contributed by atoms with Crippen molar-refractivity contribution >= 4 is 11.6 Å². The first-order valence-electron chi connectivity index (χ1n) is 8.23. The van der Waals surface area contributed by atoms with E-state index in [0.29, 0.717) is 24.7 Å². The number of hydrogen-bond acceptors (Lipinski definition) is 3. The maximum atomic E-state index is 12.7. The summed E-state index contributed by atoms with van der Waals surface area (Å²) in [5, 5.41) is 0. The van der Waals surface area contributed by atoms with E-state index in [2.05, 4.69) is 36.2 Å². The zero-order chi connectivity index (χ0) is 16.2. The summed E-state index contributed by atoms with van der Waals surface area (Å²) in [7, 11) is 0. The molecule has 4 nitrogen and oxygen atoms in total. The van der Waals surface area contributed by atoms with E-state index in [9.17, 15) is 4.79 Å². The van der Waals surface area contributed by atoms with Crippen molar-refractivity contribution in [3.8, 4) is 0 Å². The Morgan fingerprint density at radius 2 is 1.87 bits per heavy atom. The fraction of sp³-hybridized carbons (Fsp3) is 0.368. The van der Waals surface area contributed by atoms with E-state index in [1.165, 1.54) is 11.1 Å². The molecule has 0 saturated heterocycles. The Morgan fingerprint density at radius 1 is 1.17 bits per heavy atom. The van der Waals surface area contributed by atoms with E-state index in [1.54, 1.807) is 12.3 Å². The van der Waals surface area contributed by atoms with Gasteiger partial charge in [0, 0.05) is 18.3 Å². The van der Waals surface area contributed by atoms with Crippen molar-refractivity contribution in [2.75, 3.05) is 5.73 Å². The summed E-state index contributed by atoms with van der Waals surface area (Å²) in [6.07, 6.45) is 5.19. The van der Waals surface area contributed by atoms with Gasteiger partial charge in [-0.3, -0.25) is 9.78 Å². The van der Waals surface area contributed by atoms with Gasteiger partial charge in [0.15, 0.2) is 0 Å². The van der Waals surface area contributed by atoms with Crippen LogP contribution in [0.2, 0.25) is 0 Å². The number of pyridine rings is 1. The Bertz CT molecular complexity index is 660. The molecule has 4 heteroatoms. The highest BCUT2D eigenvalue weighted by molar-refractivity contribution is 5.79. The van der Waals surface area contributed by atoms with Crippen LogP contribution < -0.4 is 5.73 Å². The lowest BCUT2D eigenvalue weighted by atomic mass is 10.1. The predicted molar refractivity (Wildman–Crippen MR) is 91.7 cm³/mol. The molecule has 23 heavy (non-hydrogen) atoms. The highest BCUT2D eigenvalue weighted by atomic mass is 16.2. The smallest absolute Gasteiger partial charge is 0.229 e. The number of hydrogen-bond donors (Lipinski definition) is 1. The number of carbonyl (C=O) groups is 1. The number of aryl methyl sites for hydroxylation is 1. The summed E-state index contributed by atoms with van der Waals surface area (Å²) >= 11 is 0. The molecule has 0 aliphatic heterocycles. The fourth-order valence-electron chi connectivity index (χ4n) is 2.68. The predicted octanol–water partition coefficient (Wildman–Crippen LogP) is 2.96. The van der Waals surface area contributed by atoms with Gasteiger partial charge in [-0.1, -0.05) is 31.2 Å². The molecular weight excluding hydrogens is 286 g/mol. The third kappa shape index (κ3) is 4.09. The van der Waals surface area contributed by atoms with Crippen molar-refractivity contribution in [2.24, 2.45) is 0 Å². The van der Waals surface area contributed by atoms with Crippen LogP contribution in [-0.4, -0.2) is 21.8 Å². The molecule has 120 valence electrons. The van der Waals surface area contributed by atoms with E-state index in [4.69, 9.17) is 5.73 Å². The van der Waals surface area contributed by atoms with Gasteiger partial charge in [0.05, 0.1) is 18.3 Å². The van der Waals surface area contributed by atoms with Crippen molar-refractivity contribution < 1.29 is 4.79 Å². The van der Waals surface area contributed by atoms with Crippen LogP contribution in [0, 0.1) is 0 Å². The normalized spacial score (nSPS) is 13.8. The molecule has 2 N–H and O–H groups in total. The highest BCUT2D eigenvalue weighted by Crippen LogP contribution is 2.29. The standard InChI is InChI=1S/C19H23N3O/c1-2-14-3-5-15(6-4-14)13-22(18-9-10-18)19(23)11-17-8-7-16(20)12-21-17/h3-8,12,18H,2,9-11,13,20H2,1H3. The molecular formula is C19H23N3O. The van der Waals surface area contributed by atoms with Gasteiger partial charge in [0.1, 0.15) is 0 Å².